The summed E-state index contributed by atoms with van der Waals surface area (Å²) >= 11 is 0. The van der Waals surface area contributed by atoms with Crippen LogP contribution in [-0.2, 0) is 0 Å². The van der Waals surface area contributed by atoms with E-state index in [-0.39, 0.29) is 24.2 Å². The molecule has 0 spiro atoms. The zero-order valence-electron chi connectivity index (χ0n) is 12.3. The molecule has 0 aliphatic carbocycles. The van der Waals surface area contributed by atoms with E-state index >= 15 is 0 Å². The number of hydrogen-bond acceptors (Lipinski definition) is 4. The van der Waals surface area contributed by atoms with E-state index in [0.717, 1.165) is 11.1 Å². The second-order valence-electron chi connectivity index (χ2n) is 5.27. The summed E-state index contributed by atoms with van der Waals surface area (Å²) < 4.78 is 5.09. The molecule has 0 fully saturated rings. The Bertz CT molecular complexity index is 590. The van der Waals surface area contributed by atoms with Crippen LogP contribution in [0.2, 0.25) is 0 Å². The van der Waals surface area contributed by atoms with E-state index in [1.54, 1.807) is 6.07 Å². The van der Waals surface area contributed by atoms with Crippen molar-refractivity contribution in [2.24, 2.45) is 5.92 Å². The molecule has 5 nitrogen and oxygen atoms in total. The summed E-state index contributed by atoms with van der Waals surface area (Å²) in [5.74, 6) is 0.130. The maximum atomic E-state index is 11.9. The highest BCUT2D eigenvalue weighted by Crippen LogP contribution is 2.19. The van der Waals surface area contributed by atoms with Gasteiger partial charge in [0, 0.05) is 24.8 Å². The molecular weight excluding hydrogens is 268 g/mol. The minimum Gasteiger partial charge on any atom is -0.396 e. The van der Waals surface area contributed by atoms with Crippen molar-refractivity contribution in [2.75, 3.05) is 13.2 Å². The second-order valence-corrected chi connectivity index (χ2v) is 5.27. The van der Waals surface area contributed by atoms with E-state index in [2.05, 4.69) is 10.5 Å². The van der Waals surface area contributed by atoms with Crippen LogP contribution >= 0.6 is 0 Å². The first-order chi connectivity index (χ1) is 10.1. The van der Waals surface area contributed by atoms with Gasteiger partial charge in [-0.15, -0.1) is 0 Å². The molecule has 2 N–H and O–H groups in total. The van der Waals surface area contributed by atoms with Gasteiger partial charge < -0.3 is 14.9 Å². The lowest BCUT2D eigenvalue weighted by Crippen LogP contribution is -2.28. The molecular formula is C16H20N2O3. The molecule has 1 aromatic carbocycles. The standard InChI is InChI=1S/C16H20N2O3/c1-11-3-5-13(6-4-11)14-9-15(21-18-14)16(20)17-10-12(2)7-8-19/h3-6,9,12,19H,7-8,10H2,1-2H3,(H,17,20). The van der Waals surface area contributed by atoms with E-state index in [1.165, 1.54) is 0 Å². The molecule has 5 heteroatoms. The molecule has 1 heterocycles. The summed E-state index contributed by atoms with van der Waals surface area (Å²) in [6.07, 6.45) is 0.658. The number of nitrogens with one attached hydrogen (secondary N) is 1. The average Bonchev–Trinajstić information content (AvgIpc) is 2.96. The van der Waals surface area contributed by atoms with E-state index in [1.807, 2.05) is 38.1 Å². The minimum atomic E-state index is -0.286. The van der Waals surface area contributed by atoms with Gasteiger partial charge in [-0.3, -0.25) is 4.79 Å². The summed E-state index contributed by atoms with van der Waals surface area (Å²) in [7, 11) is 0. The predicted molar refractivity (Wildman–Crippen MR) is 79.9 cm³/mol. The van der Waals surface area contributed by atoms with Gasteiger partial charge in [0.25, 0.3) is 5.91 Å². The van der Waals surface area contributed by atoms with Crippen LogP contribution in [0.4, 0.5) is 0 Å². The Balaban J connectivity index is 1.99. The number of benzene rings is 1. The molecule has 0 aliphatic heterocycles. The van der Waals surface area contributed by atoms with Gasteiger partial charge in [-0.2, -0.15) is 0 Å². The second kappa shape index (κ2) is 7.04. The van der Waals surface area contributed by atoms with Gasteiger partial charge in [-0.1, -0.05) is 41.9 Å². The maximum absolute atomic E-state index is 11.9. The number of nitrogens with zero attached hydrogens (tertiary/aromatic N) is 1. The SMILES string of the molecule is Cc1ccc(-c2cc(C(=O)NCC(C)CCO)on2)cc1. The number of rotatable bonds is 6. The highest BCUT2D eigenvalue weighted by atomic mass is 16.5. The first kappa shape index (κ1) is 15.3. The minimum absolute atomic E-state index is 0.122. The van der Waals surface area contributed by atoms with Crippen LogP contribution in [0.25, 0.3) is 11.3 Å². The van der Waals surface area contributed by atoms with Crippen molar-refractivity contribution in [3.05, 3.63) is 41.7 Å². The van der Waals surface area contributed by atoms with Crippen molar-refractivity contribution < 1.29 is 14.4 Å². The first-order valence-electron chi connectivity index (χ1n) is 7.03. The largest absolute Gasteiger partial charge is 0.396 e. The van der Waals surface area contributed by atoms with Crippen LogP contribution in [0.5, 0.6) is 0 Å². The fraction of sp³-hybridized carbons (Fsp3) is 0.375. The van der Waals surface area contributed by atoms with Gasteiger partial charge >= 0.3 is 0 Å². The maximum Gasteiger partial charge on any atom is 0.289 e. The molecule has 0 radical (unpaired) electrons. The van der Waals surface area contributed by atoms with E-state index in [9.17, 15) is 4.79 Å². The van der Waals surface area contributed by atoms with Gasteiger partial charge in [-0.05, 0) is 19.3 Å². The fourth-order valence-electron chi connectivity index (χ4n) is 1.92. The van der Waals surface area contributed by atoms with Gasteiger partial charge in [0.05, 0.1) is 0 Å². The Morgan fingerprint density at radius 3 is 2.76 bits per heavy atom. The summed E-state index contributed by atoms with van der Waals surface area (Å²) in [4.78, 5) is 11.9. The Morgan fingerprint density at radius 2 is 2.10 bits per heavy atom. The molecule has 1 amide bonds. The quantitative estimate of drug-likeness (QED) is 0.856. The van der Waals surface area contributed by atoms with E-state index < -0.39 is 0 Å². The summed E-state index contributed by atoms with van der Waals surface area (Å²) in [6, 6.07) is 9.49. The van der Waals surface area contributed by atoms with Crippen LogP contribution in [0.1, 0.15) is 29.5 Å². The lowest BCUT2D eigenvalue weighted by Gasteiger charge is -2.09. The van der Waals surface area contributed by atoms with Crippen molar-refractivity contribution in [2.45, 2.75) is 20.3 Å². The Hall–Kier alpha value is -2.14. The molecule has 1 unspecified atom stereocenters. The predicted octanol–water partition coefficient (Wildman–Crippen LogP) is 2.40. The molecule has 0 bridgehead atoms. The van der Waals surface area contributed by atoms with Crippen molar-refractivity contribution in [1.29, 1.82) is 0 Å². The lowest BCUT2D eigenvalue weighted by atomic mass is 10.1. The molecule has 1 aromatic heterocycles. The molecule has 1 atom stereocenters. The smallest absolute Gasteiger partial charge is 0.289 e. The third-order valence-electron chi connectivity index (χ3n) is 3.31. The number of aliphatic hydroxyl groups excluding tert-OH is 1. The molecule has 0 saturated carbocycles. The number of aromatic nitrogens is 1. The summed E-state index contributed by atoms with van der Waals surface area (Å²) in [5, 5.41) is 15.5. The molecule has 21 heavy (non-hydrogen) atoms. The molecule has 0 aliphatic rings. The van der Waals surface area contributed by atoms with Crippen LogP contribution in [0.15, 0.2) is 34.9 Å². The topological polar surface area (TPSA) is 75.4 Å². The van der Waals surface area contributed by atoms with Crippen LogP contribution in [0, 0.1) is 12.8 Å². The van der Waals surface area contributed by atoms with E-state index in [0.29, 0.717) is 18.7 Å². The Labute approximate surface area is 124 Å². The number of carbonyl (C=O) groups excluding carboxylic acids is 1. The Kier molecular flexibility index (Phi) is 5.11. The molecule has 2 aromatic rings. The molecule has 112 valence electrons. The van der Waals surface area contributed by atoms with Crippen LogP contribution < -0.4 is 5.32 Å². The zero-order chi connectivity index (χ0) is 15.2. The summed E-state index contributed by atoms with van der Waals surface area (Å²) in [5.41, 5.74) is 2.72. The van der Waals surface area contributed by atoms with Crippen molar-refractivity contribution >= 4 is 5.91 Å². The lowest BCUT2D eigenvalue weighted by molar-refractivity contribution is 0.0908. The third kappa shape index (κ3) is 4.16. The third-order valence-corrected chi connectivity index (χ3v) is 3.31. The average molecular weight is 288 g/mol. The normalized spacial score (nSPS) is 12.1. The van der Waals surface area contributed by atoms with Gasteiger partial charge in [-0.25, -0.2) is 0 Å². The van der Waals surface area contributed by atoms with Crippen LogP contribution in [-0.4, -0.2) is 29.3 Å². The van der Waals surface area contributed by atoms with Crippen molar-refractivity contribution in [3.63, 3.8) is 0 Å². The van der Waals surface area contributed by atoms with Crippen molar-refractivity contribution in [1.82, 2.24) is 10.5 Å². The number of aryl methyl sites for hydroxylation is 1. The monoisotopic (exact) mass is 288 g/mol. The molecule has 0 saturated heterocycles. The Morgan fingerprint density at radius 1 is 1.38 bits per heavy atom. The van der Waals surface area contributed by atoms with E-state index in [4.69, 9.17) is 9.63 Å². The summed E-state index contributed by atoms with van der Waals surface area (Å²) in [6.45, 7) is 4.60. The van der Waals surface area contributed by atoms with Crippen molar-refractivity contribution in [3.8, 4) is 11.3 Å². The van der Waals surface area contributed by atoms with Gasteiger partial charge in [0.1, 0.15) is 5.69 Å². The van der Waals surface area contributed by atoms with Gasteiger partial charge in [0.15, 0.2) is 0 Å². The highest BCUT2D eigenvalue weighted by molar-refractivity contribution is 5.92. The number of amides is 1. The molecule has 2 rings (SSSR count). The fourth-order valence-corrected chi connectivity index (χ4v) is 1.92. The number of carbonyl (C=O) groups is 1. The van der Waals surface area contributed by atoms with Gasteiger partial charge in [0.2, 0.25) is 5.76 Å². The number of hydrogen-bond donors (Lipinski definition) is 2. The number of aliphatic hydroxyl groups is 1. The van der Waals surface area contributed by atoms with Crippen LogP contribution in [0.3, 0.4) is 0 Å². The zero-order valence-corrected chi connectivity index (χ0v) is 12.3. The first-order valence-corrected chi connectivity index (χ1v) is 7.03. The highest BCUT2D eigenvalue weighted by Gasteiger charge is 2.14.